The van der Waals surface area contributed by atoms with E-state index in [2.05, 4.69) is 111 Å². The number of allylic oxidation sites excluding steroid dienone is 6. The minimum atomic E-state index is -3.00. The molecule has 0 aromatic rings. The van der Waals surface area contributed by atoms with Crippen LogP contribution in [0.2, 0.25) is 0 Å². The summed E-state index contributed by atoms with van der Waals surface area (Å²) in [6, 6.07) is 0. The average molecular weight is 689 g/mol. The first-order chi connectivity index (χ1) is 22.0. The van der Waals surface area contributed by atoms with E-state index in [0.29, 0.717) is 53.0 Å². The zero-order valence-corrected chi connectivity index (χ0v) is 35.8. The number of rotatable bonds is 9. The van der Waals surface area contributed by atoms with Gasteiger partial charge in [-0.1, -0.05) is 141 Å². The Bertz CT molecular complexity index is 1230. The molecule has 0 spiro atoms. The first-order valence-corrected chi connectivity index (χ1v) is 21.6. The summed E-state index contributed by atoms with van der Waals surface area (Å²) in [7, 11) is -3.00. The van der Waals surface area contributed by atoms with Gasteiger partial charge in [0.05, 0.1) is 5.75 Å². The second-order valence-corrected chi connectivity index (χ2v) is 20.2. The van der Waals surface area contributed by atoms with Crippen LogP contribution in [0, 0.1) is 71.0 Å². The molecule has 0 saturated carbocycles. The molecule has 3 aliphatic rings. The van der Waals surface area contributed by atoms with Crippen molar-refractivity contribution in [1.29, 1.82) is 0 Å². The van der Waals surface area contributed by atoms with Crippen molar-refractivity contribution in [2.75, 3.05) is 5.75 Å². The highest BCUT2D eigenvalue weighted by Gasteiger charge is 2.37. The third-order valence-corrected chi connectivity index (χ3v) is 13.4. The summed E-state index contributed by atoms with van der Waals surface area (Å²) in [5.74, 6) is 7.47. The molecular formula is C44H80O3S. The topological polar surface area (TPSA) is 51.2 Å². The molecule has 3 atom stereocenters. The van der Waals surface area contributed by atoms with Gasteiger partial charge in [0.2, 0.25) is 0 Å². The van der Waals surface area contributed by atoms with E-state index in [0.717, 1.165) is 53.4 Å². The number of ketones is 1. The summed E-state index contributed by atoms with van der Waals surface area (Å²) < 4.78 is 24.5. The Labute approximate surface area is 300 Å². The minimum Gasteiger partial charge on any atom is -0.295 e. The van der Waals surface area contributed by atoms with Crippen molar-refractivity contribution in [2.24, 2.45) is 71.0 Å². The van der Waals surface area contributed by atoms with E-state index >= 15 is 0 Å². The van der Waals surface area contributed by atoms with Gasteiger partial charge in [0.25, 0.3) is 0 Å². The number of hydrogen-bond acceptors (Lipinski definition) is 3. The molecule has 0 N–H and O–H groups in total. The van der Waals surface area contributed by atoms with E-state index in [1.165, 1.54) is 30.4 Å². The first-order valence-electron chi connectivity index (χ1n) is 20.0. The van der Waals surface area contributed by atoms with Crippen molar-refractivity contribution < 1.29 is 13.2 Å². The van der Waals surface area contributed by atoms with Crippen LogP contribution < -0.4 is 0 Å². The fraction of sp³-hybridized carbons (Fsp3) is 0.841. The molecule has 2 aliphatic carbocycles. The van der Waals surface area contributed by atoms with E-state index < -0.39 is 9.84 Å². The molecule has 4 heteroatoms. The third-order valence-electron chi connectivity index (χ3n) is 11.2. The van der Waals surface area contributed by atoms with Crippen LogP contribution in [0.25, 0.3) is 0 Å². The van der Waals surface area contributed by atoms with Crippen LogP contribution in [0.1, 0.15) is 163 Å². The molecule has 0 amide bonds. The lowest BCUT2D eigenvalue weighted by Crippen LogP contribution is -2.30. The molecule has 48 heavy (non-hydrogen) atoms. The highest BCUT2D eigenvalue weighted by Crippen LogP contribution is 2.43. The Hall–Kier alpha value is -1.16. The highest BCUT2D eigenvalue weighted by atomic mass is 32.2. The first kappa shape index (κ1) is 44.9. The number of carbonyl (C=O) groups excluding carboxylic acids is 1. The fourth-order valence-electron chi connectivity index (χ4n) is 9.20. The zero-order valence-electron chi connectivity index (χ0n) is 35.0. The molecule has 3 unspecified atom stereocenters. The standard InChI is InChI=1S/C15H26O.C15H28.C14H26O2S/c1-9(2)12-7-8-13(16)15(11(5)6)14(12)10(3)4;1-10(2)13-8-7-9-14(11(3)4)15(13)12(5)6;1-9(2)12-7-8-17(15,16)14(11(5)6)13(12)10(3)4/h9-12H,7-8H2,1-6H3;10-13H,7-9H2,1-6H3;9-12H,7-8H2,1-6H3. The lowest BCUT2D eigenvalue weighted by atomic mass is 9.70. The Morgan fingerprint density at radius 3 is 1.29 bits per heavy atom. The molecule has 0 aromatic heterocycles. The van der Waals surface area contributed by atoms with Gasteiger partial charge in [-0.2, -0.15) is 0 Å². The number of sulfone groups is 1. The molecule has 1 aliphatic heterocycles. The maximum absolute atomic E-state index is 12.2. The maximum atomic E-state index is 12.2. The maximum Gasteiger partial charge on any atom is 0.174 e. The van der Waals surface area contributed by atoms with E-state index in [4.69, 9.17) is 0 Å². The lowest BCUT2D eigenvalue weighted by molar-refractivity contribution is -0.117. The molecular weight excluding hydrogens is 609 g/mol. The Morgan fingerprint density at radius 1 is 0.479 bits per heavy atom. The van der Waals surface area contributed by atoms with E-state index in [1.54, 1.807) is 11.1 Å². The Morgan fingerprint density at radius 2 is 0.917 bits per heavy atom. The summed E-state index contributed by atoms with van der Waals surface area (Å²) in [5, 5.41) is 0. The van der Waals surface area contributed by atoms with Gasteiger partial charge in [-0.05, 0) is 114 Å². The normalized spacial score (nSPS) is 23.8. The summed E-state index contributed by atoms with van der Waals surface area (Å²) >= 11 is 0. The molecule has 1 heterocycles. The molecule has 0 bridgehead atoms. The van der Waals surface area contributed by atoms with Crippen molar-refractivity contribution >= 4 is 15.6 Å². The van der Waals surface area contributed by atoms with Crippen LogP contribution in [-0.2, 0) is 14.6 Å². The quantitative estimate of drug-likeness (QED) is 0.227. The van der Waals surface area contributed by atoms with Crippen molar-refractivity contribution in [3.8, 4) is 0 Å². The van der Waals surface area contributed by atoms with Gasteiger partial charge >= 0.3 is 0 Å². The Balaban J connectivity index is 0.000000361. The fourth-order valence-corrected chi connectivity index (χ4v) is 11.4. The van der Waals surface area contributed by atoms with Crippen LogP contribution in [0.4, 0.5) is 0 Å². The average Bonchev–Trinajstić information content (AvgIpc) is 2.95. The molecule has 0 fully saturated rings. The van der Waals surface area contributed by atoms with Crippen LogP contribution in [0.15, 0.2) is 32.8 Å². The summed E-state index contributed by atoms with van der Waals surface area (Å²) in [6.45, 7) is 40.2. The van der Waals surface area contributed by atoms with Gasteiger partial charge in [0.1, 0.15) is 0 Å². The largest absolute Gasteiger partial charge is 0.295 e. The molecule has 0 aromatic carbocycles. The van der Waals surface area contributed by atoms with Gasteiger partial charge in [-0.25, -0.2) is 8.42 Å². The van der Waals surface area contributed by atoms with Crippen LogP contribution >= 0.6 is 0 Å². The van der Waals surface area contributed by atoms with Crippen molar-refractivity contribution in [1.82, 2.24) is 0 Å². The predicted octanol–water partition coefficient (Wildman–Crippen LogP) is 12.9. The van der Waals surface area contributed by atoms with Gasteiger partial charge in [-0.15, -0.1) is 0 Å². The van der Waals surface area contributed by atoms with Crippen LogP contribution in [-0.4, -0.2) is 20.0 Å². The number of hydrogen-bond donors (Lipinski definition) is 0. The molecule has 0 saturated heterocycles. The minimum absolute atomic E-state index is 0.110. The molecule has 0 radical (unpaired) electrons. The van der Waals surface area contributed by atoms with Crippen LogP contribution in [0.3, 0.4) is 0 Å². The summed E-state index contributed by atoms with van der Waals surface area (Å²) in [6.07, 6.45) is 6.79. The third kappa shape index (κ3) is 11.7. The molecule has 3 nitrogen and oxygen atoms in total. The van der Waals surface area contributed by atoms with Crippen LogP contribution in [0.5, 0.6) is 0 Å². The number of Topliss-reactive ketones (excluding diaryl/α,β-unsaturated/α-hetero) is 1. The predicted molar refractivity (Wildman–Crippen MR) is 212 cm³/mol. The van der Waals surface area contributed by atoms with E-state index in [9.17, 15) is 13.2 Å². The zero-order chi connectivity index (χ0) is 37.4. The van der Waals surface area contributed by atoms with E-state index in [-0.39, 0.29) is 5.92 Å². The highest BCUT2D eigenvalue weighted by molar-refractivity contribution is 7.95. The van der Waals surface area contributed by atoms with Gasteiger partial charge in [0.15, 0.2) is 15.6 Å². The van der Waals surface area contributed by atoms with Crippen molar-refractivity contribution in [2.45, 2.75) is 163 Å². The summed E-state index contributed by atoms with van der Waals surface area (Å²) in [5.41, 5.74) is 7.35. The van der Waals surface area contributed by atoms with Crippen molar-refractivity contribution in [3.63, 3.8) is 0 Å². The van der Waals surface area contributed by atoms with Gasteiger partial charge in [-0.3, -0.25) is 4.79 Å². The monoisotopic (exact) mass is 689 g/mol. The number of carbonyl (C=O) groups is 1. The molecule has 280 valence electrons. The smallest absolute Gasteiger partial charge is 0.174 e. The SMILES string of the molecule is CC(C)C1=C(C(C)C)C(C(C)C)CCC1.CC(C)C1=C(C(C)C)C(C(C)C)CCC1=O.CC(C)C1=C(C(C)C)S(=O)(=O)CCC1C(C)C. The Kier molecular flexibility index (Phi) is 18.2. The second kappa shape index (κ2) is 19.4. The second-order valence-electron chi connectivity index (χ2n) is 18.1. The summed E-state index contributed by atoms with van der Waals surface area (Å²) in [4.78, 5) is 12.8. The van der Waals surface area contributed by atoms with Crippen molar-refractivity contribution in [3.05, 3.63) is 32.8 Å². The van der Waals surface area contributed by atoms with E-state index in [1.807, 2.05) is 13.8 Å². The molecule has 3 rings (SSSR count). The van der Waals surface area contributed by atoms with Gasteiger partial charge in [0, 0.05) is 11.3 Å². The lowest BCUT2D eigenvalue weighted by Gasteiger charge is -2.35. The van der Waals surface area contributed by atoms with Gasteiger partial charge < -0.3 is 0 Å².